The fraction of sp³-hybridized carbons (Fsp3) is 0.211. The van der Waals surface area contributed by atoms with Crippen LogP contribution in [0.5, 0.6) is 0 Å². The first-order valence-electron chi connectivity index (χ1n) is 9.03. The van der Waals surface area contributed by atoms with Gasteiger partial charge in [0.1, 0.15) is 16.6 Å². The van der Waals surface area contributed by atoms with Gasteiger partial charge in [-0.15, -0.1) is 10.2 Å². The van der Waals surface area contributed by atoms with E-state index in [9.17, 15) is 22.0 Å². The summed E-state index contributed by atoms with van der Waals surface area (Å²) in [6.07, 6.45) is 1.13. The van der Waals surface area contributed by atoms with Gasteiger partial charge in [-0.25, -0.2) is 17.2 Å². The second kappa shape index (κ2) is 8.17. The quantitative estimate of drug-likeness (QED) is 0.641. The first-order valence-corrected chi connectivity index (χ1v) is 11.3. The van der Waals surface area contributed by atoms with E-state index < -0.39 is 33.6 Å². The maximum Gasteiger partial charge on any atom is 0.286 e. The maximum atomic E-state index is 13.7. The second-order valence-electron chi connectivity index (χ2n) is 6.61. The second-order valence-corrected chi connectivity index (χ2v) is 9.51. The van der Waals surface area contributed by atoms with E-state index in [0.29, 0.717) is 17.8 Å². The number of aromatic nitrogens is 2. The van der Waals surface area contributed by atoms with E-state index in [1.807, 2.05) is 0 Å². The van der Waals surface area contributed by atoms with Crippen molar-refractivity contribution < 1.29 is 22.0 Å². The zero-order valence-electron chi connectivity index (χ0n) is 15.5. The van der Waals surface area contributed by atoms with Crippen LogP contribution in [0.2, 0.25) is 0 Å². The number of nitrogens with one attached hydrogen (secondary N) is 1. The fourth-order valence-electron chi connectivity index (χ4n) is 3.22. The van der Waals surface area contributed by atoms with Crippen molar-refractivity contribution in [3.8, 4) is 0 Å². The number of carbonyl (C=O) groups is 1. The normalized spacial score (nSPS) is 17.2. The van der Waals surface area contributed by atoms with Gasteiger partial charge >= 0.3 is 0 Å². The van der Waals surface area contributed by atoms with Crippen LogP contribution in [-0.2, 0) is 10.0 Å². The molecule has 3 aromatic rings. The van der Waals surface area contributed by atoms with Gasteiger partial charge in [-0.1, -0.05) is 23.5 Å². The number of sulfonamides is 1. The van der Waals surface area contributed by atoms with Gasteiger partial charge < -0.3 is 5.32 Å². The number of para-hydroxylation sites is 1. The fourth-order valence-corrected chi connectivity index (χ4v) is 5.83. The number of anilines is 1. The summed E-state index contributed by atoms with van der Waals surface area (Å²) in [4.78, 5) is 12.4. The van der Waals surface area contributed by atoms with Gasteiger partial charge in [0.05, 0.1) is 16.6 Å². The lowest BCUT2D eigenvalue weighted by Gasteiger charge is -2.22. The molecular formula is C19H16F2N4O3S2. The van der Waals surface area contributed by atoms with Crippen LogP contribution in [0.15, 0.2) is 53.4 Å². The third kappa shape index (κ3) is 3.95. The highest BCUT2D eigenvalue weighted by Gasteiger charge is 2.38. The molecule has 7 nitrogen and oxygen atoms in total. The molecule has 1 N–H and O–H groups in total. The zero-order chi connectivity index (χ0) is 21.3. The van der Waals surface area contributed by atoms with Gasteiger partial charge in [0.25, 0.3) is 5.91 Å². The Hall–Kier alpha value is -2.76. The third-order valence-corrected chi connectivity index (χ3v) is 7.61. The summed E-state index contributed by atoms with van der Waals surface area (Å²) in [5.41, 5.74) is 0.0145. The zero-order valence-corrected chi connectivity index (χ0v) is 17.1. The summed E-state index contributed by atoms with van der Waals surface area (Å²) >= 11 is 0.958. The van der Waals surface area contributed by atoms with Crippen LogP contribution in [0.25, 0.3) is 0 Å². The SMILES string of the molecule is O=C(Nc1ccccc1F)c1nnc([C@H]2CCCN2S(=O)(=O)c2ccc(F)cc2)s1. The Bertz CT molecular complexity index is 1180. The van der Waals surface area contributed by atoms with Crippen molar-refractivity contribution in [3.63, 3.8) is 0 Å². The highest BCUT2D eigenvalue weighted by molar-refractivity contribution is 7.89. The third-order valence-electron chi connectivity index (χ3n) is 4.67. The summed E-state index contributed by atoms with van der Waals surface area (Å²) < 4.78 is 54.2. The molecule has 0 radical (unpaired) electrons. The standard InChI is InChI=1S/C19H16F2N4O3S2/c20-12-7-9-13(10-8-12)30(27,28)25-11-3-6-16(25)18-23-24-19(29-18)17(26)22-15-5-2-1-4-14(15)21/h1-2,4-5,7-10,16H,3,6,11H2,(H,22,26)/t16-/m1/s1. The number of hydrogen-bond acceptors (Lipinski definition) is 6. The van der Waals surface area contributed by atoms with Crippen molar-refractivity contribution in [2.45, 2.75) is 23.8 Å². The molecule has 1 aromatic heterocycles. The predicted molar refractivity (Wildman–Crippen MR) is 107 cm³/mol. The lowest BCUT2D eigenvalue weighted by atomic mass is 10.2. The van der Waals surface area contributed by atoms with Gasteiger partial charge in [-0.3, -0.25) is 4.79 Å². The minimum atomic E-state index is -3.86. The summed E-state index contributed by atoms with van der Waals surface area (Å²) in [6.45, 7) is 0.278. The molecule has 0 bridgehead atoms. The molecule has 2 aromatic carbocycles. The van der Waals surface area contributed by atoms with Gasteiger partial charge in [0.2, 0.25) is 15.0 Å². The van der Waals surface area contributed by atoms with Crippen LogP contribution in [0.1, 0.15) is 33.7 Å². The summed E-state index contributed by atoms with van der Waals surface area (Å²) in [5, 5.41) is 10.7. The van der Waals surface area contributed by atoms with Crippen molar-refractivity contribution in [2.75, 3.05) is 11.9 Å². The predicted octanol–water partition coefficient (Wildman–Crippen LogP) is 3.59. The molecule has 156 valence electrons. The highest BCUT2D eigenvalue weighted by atomic mass is 32.2. The molecule has 0 aliphatic carbocycles. The van der Waals surface area contributed by atoms with E-state index in [2.05, 4.69) is 15.5 Å². The van der Waals surface area contributed by atoms with Gasteiger partial charge in [-0.05, 0) is 49.2 Å². The molecule has 2 heterocycles. The molecule has 1 amide bonds. The van der Waals surface area contributed by atoms with Crippen LogP contribution in [-0.4, -0.2) is 35.4 Å². The molecule has 0 unspecified atom stereocenters. The van der Waals surface area contributed by atoms with E-state index >= 15 is 0 Å². The number of rotatable bonds is 5. The van der Waals surface area contributed by atoms with Crippen LogP contribution in [0.4, 0.5) is 14.5 Å². The van der Waals surface area contributed by atoms with Crippen molar-refractivity contribution in [1.82, 2.24) is 14.5 Å². The maximum absolute atomic E-state index is 13.7. The monoisotopic (exact) mass is 450 g/mol. The molecule has 1 aliphatic heterocycles. The average molecular weight is 450 g/mol. The number of benzene rings is 2. The Morgan fingerprint density at radius 3 is 2.57 bits per heavy atom. The molecule has 0 saturated carbocycles. The van der Waals surface area contributed by atoms with Crippen LogP contribution in [0, 0.1) is 11.6 Å². The summed E-state index contributed by atoms with van der Waals surface area (Å²) in [6, 6.07) is 9.77. The van der Waals surface area contributed by atoms with Gasteiger partial charge in [-0.2, -0.15) is 4.31 Å². The van der Waals surface area contributed by atoms with Crippen molar-refractivity contribution in [2.24, 2.45) is 0 Å². The average Bonchev–Trinajstić information content (AvgIpc) is 3.40. The lowest BCUT2D eigenvalue weighted by Crippen LogP contribution is -2.30. The highest BCUT2D eigenvalue weighted by Crippen LogP contribution is 2.37. The van der Waals surface area contributed by atoms with E-state index in [-0.39, 0.29) is 22.1 Å². The Kier molecular flexibility index (Phi) is 5.58. The molecule has 30 heavy (non-hydrogen) atoms. The van der Waals surface area contributed by atoms with E-state index in [0.717, 1.165) is 23.5 Å². The number of amides is 1. The Labute approximate surface area is 175 Å². The molecule has 1 saturated heterocycles. The summed E-state index contributed by atoms with van der Waals surface area (Å²) in [7, 11) is -3.86. The minimum Gasteiger partial charge on any atom is -0.317 e. The largest absolute Gasteiger partial charge is 0.317 e. The van der Waals surface area contributed by atoms with Crippen LogP contribution in [0.3, 0.4) is 0 Å². The molecular weight excluding hydrogens is 434 g/mol. The van der Waals surface area contributed by atoms with E-state index in [1.54, 1.807) is 6.07 Å². The van der Waals surface area contributed by atoms with Crippen LogP contribution < -0.4 is 5.32 Å². The Morgan fingerprint density at radius 1 is 1.10 bits per heavy atom. The molecule has 0 spiro atoms. The first-order chi connectivity index (χ1) is 14.4. The van der Waals surface area contributed by atoms with Gasteiger partial charge in [0.15, 0.2) is 0 Å². The van der Waals surface area contributed by atoms with Crippen molar-refractivity contribution in [1.29, 1.82) is 0 Å². The lowest BCUT2D eigenvalue weighted by molar-refractivity contribution is 0.102. The number of hydrogen-bond donors (Lipinski definition) is 1. The molecule has 4 rings (SSSR count). The minimum absolute atomic E-state index is 0.000664. The van der Waals surface area contributed by atoms with Crippen LogP contribution >= 0.6 is 11.3 Å². The molecule has 1 atom stereocenters. The summed E-state index contributed by atoms with van der Waals surface area (Å²) in [5.74, 6) is -1.74. The molecule has 1 aliphatic rings. The van der Waals surface area contributed by atoms with Gasteiger partial charge in [0, 0.05) is 6.54 Å². The van der Waals surface area contributed by atoms with Crippen molar-refractivity contribution >= 4 is 33.0 Å². The first kappa shape index (κ1) is 20.5. The number of halogens is 2. The molecule has 11 heteroatoms. The Balaban J connectivity index is 1.55. The van der Waals surface area contributed by atoms with Crippen molar-refractivity contribution in [3.05, 3.63) is 70.2 Å². The number of nitrogens with zero attached hydrogens (tertiary/aromatic N) is 3. The Morgan fingerprint density at radius 2 is 1.83 bits per heavy atom. The van der Waals surface area contributed by atoms with E-state index in [4.69, 9.17) is 0 Å². The van der Waals surface area contributed by atoms with E-state index in [1.165, 1.54) is 34.6 Å². The number of carbonyl (C=O) groups excluding carboxylic acids is 1. The molecule has 1 fully saturated rings. The topological polar surface area (TPSA) is 92.3 Å². The smallest absolute Gasteiger partial charge is 0.286 e.